The number of carbonyl (C=O) groups excluding carboxylic acids is 1. The molecule has 1 amide bonds. The summed E-state index contributed by atoms with van der Waals surface area (Å²) in [6.45, 7) is 4.10. The van der Waals surface area contributed by atoms with Crippen LogP contribution in [-0.4, -0.2) is 63.3 Å². The Morgan fingerprint density at radius 3 is 3.11 bits per heavy atom. The zero-order chi connectivity index (χ0) is 13.9. The molecule has 1 rings (SSSR count). The second-order valence-electron chi connectivity index (χ2n) is 4.78. The minimum atomic E-state index is -0.0237. The number of carbonyl (C=O) groups is 1. The van der Waals surface area contributed by atoms with E-state index in [0.29, 0.717) is 32.2 Å². The first-order chi connectivity index (χ1) is 9.26. The van der Waals surface area contributed by atoms with Crippen molar-refractivity contribution in [1.82, 2.24) is 15.5 Å². The third-order valence-corrected chi connectivity index (χ3v) is 3.18. The van der Waals surface area contributed by atoms with E-state index in [1.807, 2.05) is 6.07 Å². The van der Waals surface area contributed by atoms with Crippen molar-refractivity contribution in [3.8, 4) is 6.07 Å². The number of nitrogens with one attached hydrogen (secondary N) is 2. The molecule has 0 saturated carbocycles. The monoisotopic (exact) mass is 268 g/mol. The summed E-state index contributed by atoms with van der Waals surface area (Å²) in [6.07, 6.45) is 2.73. The van der Waals surface area contributed by atoms with Crippen LogP contribution < -0.4 is 10.6 Å². The van der Waals surface area contributed by atoms with Crippen molar-refractivity contribution in [3.05, 3.63) is 0 Å². The lowest BCUT2D eigenvalue weighted by molar-refractivity contribution is -0.122. The van der Waals surface area contributed by atoms with Gasteiger partial charge in [0.05, 0.1) is 25.6 Å². The van der Waals surface area contributed by atoms with Crippen molar-refractivity contribution in [1.29, 1.82) is 5.26 Å². The van der Waals surface area contributed by atoms with E-state index in [0.717, 1.165) is 19.6 Å². The van der Waals surface area contributed by atoms with Crippen LogP contribution in [0.2, 0.25) is 0 Å². The number of amides is 1. The summed E-state index contributed by atoms with van der Waals surface area (Å²) in [7, 11) is 1.67. The molecule has 0 aromatic rings. The van der Waals surface area contributed by atoms with Crippen LogP contribution in [0.1, 0.15) is 19.3 Å². The van der Waals surface area contributed by atoms with Crippen molar-refractivity contribution >= 4 is 5.91 Å². The fourth-order valence-corrected chi connectivity index (χ4v) is 2.20. The highest BCUT2D eigenvalue weighted by Gasteiger charge is 2.19. The molecule has 108 valence electrons. The molecule has 0 aliphatic carbocycles. The highest BCUT2D eigenvalue weighted by molar-refractivity contribution is 5.78. The van der Waals surface area contributed by atoms with Crippen molar-refractivity contribution in [3.63, 3.8) is 0 Å². The van der Waals surface area contributed by atoms with E-state index in [9.17, 15) is 4.79 Å². The first kappa shape index (κ1) is 15.9. The zero-order valence-electron chi connectivity index (χ0n) is 11.7. The maximum absolute atomic E-state index is 11.7. The van der Waals surface area contributed by atoms with E-state index in [4.69, 9.17) is 10.00 Å². The molecule has 1 unspecified atom stereocenters. The average Bonchev–Trinajstić information content (AvgIpc) is 2.89. The molecule has 6 nitrogen and oxygen atoms in total. The number of hydrogen-bond donors (Lipinski definition) is 2. The van der Waals surface area contributed by atoms with Gasteiger partial charge < -0.3 is 15.4 Å². The summed E-state index contributed by atoms with van der Waals surface area (Å²) in [5, 5.41) is 14.6. The smallest absolute Gasteiger partial charge is 0.234 e. The minimum absolute atomic E-state index is 0.0237. The van der Waals surface area contributed by atoms with Gasteiger partial charge in [-0.2, -0.15) is 5.26 Å². The second kappa shape index (κ2) is 9.73. The number of rotatable bonds is 9. The van der Waals surface area contributed by atoms with E-state index >= 15 is 0 Å². The normalized spacial score (nSPS) is 18.5. The number of nitrogens with zero attached hydrogens (tertiary/aromatic N) is 2. The van der Waals surface area contributed by atoms with E-state index in [2.05, 4.69) is 15.5 Å². The number of nitriles is 1. The summed E-state index contributed by atoms with van der Waals surface area (Å²) in [6, 6.07) is 2.49. The van der Waals surface area contributed by atoms with Crippen LogP contribution in [0.4, 0.5) is 0 Å². The van der Waals surface area contributed by atoms with Gasteiger partial charge >= 0.3 is 0 Å². The second-order valence-corrected chi connectivity index (χ2v) is 4.78. The lowest BCUT2D eigenvalue weighted by Gasteiger charge is -2.24. The average molecular weight is 268 g/mol. The van der Waals surface area contributed by atoms with Crippen LogP contribution in [0.5, 0.6) is 0 Å². The molecule has 0 aromatic carbocycles. The van der Waals surface area contributed by atoms with E-state index in [-0.39, 0.29) is 5.91 Å². The predicted octanol–water partition coefficient (Wildman–Crippen LogP) is -0.283. The molecule has 1 atom stereocenters. The highest BCUT2D eigenvalue weighted by atomic mass is 16.5. The molecule has 0 bridgehead atoms. The van der Waals surface area contributed by atoms with Crippen molar-refractivity contribution in [2.45, 2.75) is 25.3 Å². The fourth-order valence-electron chi connectivity index (χ4n) is 2.20. The van der Waals surface area contributed by atoms with Crippen LogP contribution in [0, 0.1) is 11.3 Å². The standard InChI is InChI=1S/C13H24N4O2/c1-19-9-8-17(10-12-4-2-6-15-12)11-13(18)16-7-3-5-14/h12,15H,2-4,6-11H2,1H3,(H,16,18). The molecule has 1 heterocycles. The van der Waals surface area contributed by atoms with Crippen LogP contribution in [0.3, 0.4) is 0 Å². The number of methoxy groups -OCH3 is 1. The van der Waals surface area contributed by atoms with Gasteiger partial charge in [0.2, 0.25) is 5.91 Å². The SMILES string of the molecule is COCCN(CC(=O)NCCC#N)CC1CCCN1. The molecular weight excluding hydrogens is 244 g/mol. The van der Waals surface area contributed by atoms with Crippen LogP contribution >= 0.6 is 0 Å². The highest BCUT2D eigenvalue weighted by Crippen LogP contribution is 2.06. The first-order valence-electron chi connectivity index (χ1n) is 6.84. The van der Waals surface area contributed by atoms with E-state index < -0.39 is 0 Å². The molecule has 6 heteroatoms. The molecule has 1 fully saturated rings. The molecule has 19 heavy (non-hydrogen) atoms. The van der Waals surface area contributed by atoms with Gasteiger partial charge in [0.1, 0.15) is 0 Å². The van der Waals surface area contributed by atoms with Crippen molar-refractivity contribution in [2.75, 3.05) is 46.4 Å². The molecule has 0 aromatic heterocycles. The molecular formula is C13H24N4O2. The molecule has 0 radical (unpaired) electrons. The molecule has 1 aliphatic rings. The van der Waals surface area contributed by atoms with Gasteiger partial charge in [-0.3, -0.25) is 9.69 Å². The minimum Gasteiger partial charge on any atom is -0.383 e. The molecule has 1 saturated heterocycles. The van der Waals surface area contributed by atoms with Gasteiger partial charge in [0.15, 0.2) is 0 Å². The third-order valence-electron chi connectivity index (χ3n) is 3.18. The Kier molecular flexibility index (Phi) is 8.14. The molecule has 1 aliphatic heterocycles. The summed E-state index contributed by atoms with van der Waals surface area (Å²) < 4.78 is 5.08. The van der Waals surface area contributed by atoms with Gasteiger partial charge in [-0.25, -0.2) is 0 Å². The molecule has 2 N–H and O–H groups in total. The fraction of sp³-hybridized carbons (Fsp3) is 0.846. The van der Waals surface area contributed by atoms with Gasteiger partial charge in [0.25, 0.3) is 0 Å². The van der Waals surface area contributed by atoms with Gasteiger partial charge in [-0.15, -0.1) is 0 Å². The van der Waals surface area contributed by atoms with Crippen LogP contribution in [0.15, 0.2) is 0 Å². The Labute approximate surface area is 115 Å². The van der Waals surface area contributed by atoms with E-state index in [1.165, 1.54) is 12.8 Å². The van der Waals surface area contributed by atoms with Crippen LogP contribution in [0.25, 0.3) is 0 Å². The topological polar surface area (TPSA) is 77.4 Å². The Hall–Kier alpha value is -1.16. The summed E-state index contributed by atoms with van der Waals surface area (Å²) >= 11 is 0. The van der Waals surface area contributed by atoms with Crippen LogP contribution in [-0.2, 0) is 9.53 Å². The zero-order valence-corrected chi connectivity index (χ0v) is 11.7. The summed E-state index contributed by atoms with van der Waals surface area (Å²) in [4.78, 5) is 13.8. The third kappa shape index (κ3) is 7.11. The first-order valence-corrected chi connectivity index (χ1v) is 6.84. The largest absolute Gasteiger partial charge is 0.383 e. The lowest BCUT2D eigenvalue weighted by Crippen LogP contribution is -2.44. The maximum atomic E-state index is 11.7. The maximum Gasteiger partial charge on any atom is 0.234 e. The number of ether oxygens (including phenoxy) is 1. The Balaban J connectivity index is 2.30. The van der Waals surface area contributed by atoms with Crippen molar-refractivity contribution in [2.24, 2.45) is 0 Å². The van der Waals surface area contributed by atoms with Gasteiger partial charge in [0, 0.05) is 32.8 Å². The molecule has 0 spiro atoms. The lowest BCUT2D eigenvalue weighted by atomic mass is 10.2. The Morgan fingerprint density at radius 2 is 2.47 bits per heavy atom. The quantitative estimate of drug-likeness (QED) is 0.562. The van der Waals surface area contributed by atoms with Gasteiger partial charge in [-0.05, 0) is 19.4 Å². The van der Waals surface area contributed by atoms with E-state index in [1.54, 1.807) is 7.11 Å². The van der Waals surface area contributed by atoms with Crippen molar-refractivity contribution < 1.29 is 9.53 Å². The number of hydrogen-bond acceptors (Lipinski definition) is 5. The Bertz CT molecular complexity index is 298. The summed E-state index contributed by atoms with van der Waals surface area (Å²) in [5.74, 6) is -0.0237. The Morgan fingerprint density at radius 1 is 1.63 bits per heavy atom. The summed E-state index contributed by atoms with van der Waals surface area (Å²) in [5.41, 5.74) is 0. The van der Waals surface area contributed by atoms with Gasteiger partial charge in [-0.1, -0.05) is 0 Å². The predicted molar refractivity (Wildman–Crippen MR) is 72.6 cm³/mol.